The molecule has 4 aromatic rings. The number of halogens is 3. The number of aromatic nitrogens is 2. The van der Waals surface area contributed by atoms with Gasteiger partial charge < -0.3 is 29.4 Å². The Morgan fingerprint density at radius 1 is 1.06 bits per heavy atom. The molecule has 0 radical (unpaired) electrons. The molecule has 1 amide bonds. The molecule has 3 aliphatic heterocycles. The number of carbonyl (C=O) groups is 1. The highest BCUT2D eigenvalue weighted by Crippen LogP contribution is 2.38. The number of pyridine rings is 1. The zero-order valence-corrected chi connectivity index (χ0v) is 27.1. The number of amides is 1. The van der Waals surface area contributed by atoms with Gasteiger partial charge >= 0.3 is 6.18 Å². The molecule has 2 fully saturated rings. The number of likely N-dealkylation sites (N-methyl/N-ethyl adjacent to an activating group) is 1. The number of hydrogen-bond acceptors (Lipinski definition) is 7. The van der Waals surface area contributed by atoms with Gasteiger partial charge in [-0.15, -0.1) is 0 Å². The molecule has 9 nitrogen and oxygen atoms in total. The van der Waals surface area contributed by atoms with Crippen molar-refractivity contribution in [3.63, 3.8) is 0 Å². The Kier molecular flexibility index (Phi) is 8.69. The Morgan fingerprint density at radius 2 is 1.83 bits per heavy atom. The Hall–Kier alpha value is -3.97. The smallest absolute Gasteiger partial charge is 0.416 e. The van der Waals surface area contributed by atoms with E-state index in [1.54, 1.807) is 29.3 Å². The van der Waals surface area contributed by atoms with Gasteiger partial charge in [-0.2, -0.15) is 13.2 Å². The van der Waals surface area contributed by atoms with Crippen LogP contribution in [0.2, 0.25) is 0 Å². The third kappa shape index (κ3) is 6.41. The van der Waals surface area contributed by atoms with Crippen molar-refractivity contribution in [3.8, 4) is 11.5 Å². The molecule has 12 heteroatoms. The summed E-state index contributed by atoms with van der Waals surface area (Å²) in [4.78, 5) is 27.2. The molecule has 0 saturated carbocycles. The molecule has 5 heterocycles. The van der Waals surface area contributed by atoms with E-state index in [0.717, 1.165) is 55.3 Å². The third-order valence-corrected chi connectivity index (χ3v) is 10.0. The van der Waals surface area contributed by atoms with E-state index in [1.807, 2.05) is 31.2 Å². The largest absolute Gasteiger partial charge is 0.457 e. The number of fused-ring (bicyclic) bond motifs is 2. The van der Waals surface area contributed by atoms with E-state index >= 15 is 0 Å². The first-order valence-corrected chi connectivity index (χ1v) is 16.5. The van der Waals surface area contributed by atoms with Crippen molar-refractivity contribution >= 4 is 16.9 Å². The number of aliphatic hydroxyl groups is 1. The summed E-state index contributed by atoms with van der Waals surface area (Å²) in [6.45, 7) is 9.24. The summed E-state index contributed by atoms with van der Waals surface area (Å²) in [6, 6.07) is 13.5. The van der Waals surface area contributed by atoms with Crippen LogP contribution in [0.5, 0.6) is 11.5 Å². The van der Waals surface area contributed by atoms with E-state index in [4.69, 9.17) is 9.47 Å². The molecule has 0 bridgehead atoms. The van der Waals surface area contributed by atoms with Crippen LogP contribution in [0, 0.1) is 0 Å². The maximum Gasteiger partial charge on any atom is 0.416 e. The molecule has 0 unspecified atom stereocenters. The summed E-state index contributed by atoms with van der Waals surface area (Å²) in [5.74, 6) is 0.928. The number of carbonyl (C=O) groups excluding carboxylic acids is 1. The summed E-state index contributed by atoms with van der Waals surface area (Å²) in [7, 11) is 0. The topological polar surface area (TPSA) is 94.2 Å². The first kappa shape index (κ1) is 32.6. The molecule has 0 aliphatic carbocycles. The Labute approximate surface area is 277 Å². The number of hydrogen-bond donors (Lipinski definition) is 2. The van der Waals surface area contributed by atoms with E-state index in [-0.39, 0.29) is 43.7 Å². The van der Waals surface area contributed by atoms with E-state index in [2.05, 4.69) is 26.7 Å². The quantitative estimate of drug-likeness (QED) is 0.260. The molecule has 2 N–H and O–H groups in total. The molecule has 2 aromatic heterocycles. The maximum atomic E-state index is 14.2. The molecule has 7 rings (SSSR count). The van der Waals surface area contributed by atoms with Gasteiger partial charge in [0.1, 0.15) is 17.1 Å². The van der Waals surface area contributed by atoms with Gasteiger partial charge in [-0.1, -0.05) is 25.1 Å². The first-order valence-electron chi connectivity index (χ1n) is 16.5. The minimum Gasteiger partial charge on any atom is -0.457 e. The average molecular weight is 664 g/mol. The van der Waals surface area contributed by atoms with Gasteiger partial charge in [0.05, 0.1) is 42.3 Å². The lowest BCUT2D eigenvalue weighted by molar-refractivity contribution is -0.186. The molecule has 254 valence electrons. The summed E-state index contributed by atoms with van der Waals surface area (Å²) < 4.78 is 54.1. The second-order valence-electron chi connectivity index (χ2n) is 13.1. The van der Waals surface area contributed by atoms with E-state index in [9.17, 15) is 23.1 Å². The molecule has 2 saturated heterocycles. The number of ether oxygens (including phenoxy) is 2. The molecule has 1 atom stereocenters. The van der Waals surface area contributed by atoms with E-state index < -0.39 is 17.3 Å². The van der Waals surface area contributed by atoms with Gasteiger partial charge in [0, 0.05) is 45.5 Å². The number of rotatable bonds is 8. The highest BCUT2D eigenvalue weighted by Gasteiger charge is 2.40. The van der Waals surface area contributed by atoms with Crippen molar-refractivity contribution in [2.45, 2.75) is 51.1 Å². The van der Waals surface area contributed by atoms with Gasteiger partial charge in [-0.25, -0.2) is 4.98 Å². The summed E-state index contributed by atoms with van der Waals surface area (Å²) >= 11 is 0. The Morgan fingerprint density at radius 3 is 2.54 bits per heavy atom. The fourth-order valence-corrected chi connectivity index (χ4v) is 7.03. The second-order valence-corrected chi connectivity index (χ2v) is 13.1. The van der Waals surface area contributed by atoms with Crippen LogP contribution in [0.15, 0.2) is 54.7 Å². The van der Waals surface area contributed by atoms with Gasteiger partial charge in [0.2, 0.25) is 5.91 Å². The maximum absolute atomic E-state index is 14.2. The normalized spacial score (nSPS) is 20.0. The predicted molar refractivity (Wildman–Crippen MR) is 174 cm³/mol. The number of piperazine rings is 1. The fraction of sp³-hybridized carbons (Fsp3) is 0.444. The van der Waals surface area contributed by atoms with Crippen molar-refractivity contribution < 1.29 is 32.5 Å². The van der Waals surface area contributed by atoms with Crippen molar-refractivity contribution in [3.05, 3.63) is 88.2 Å². The molecular formula is C36H40F3N5O4. The molecule has 0 spiro atoms. The number of H-pyrrole nitrogens is 1. The van der Waals surface area contributed by atoms with Gasteiger partial charge in [0.25, 0.3) is 0 Å². The lowest BCUT2D eigenvalue weighted by Gasteiger charge is -2.36. The zero-order chi connectivity index (χ0) is 33.6. The Balaban J connectivity index is 1.06. The van der Waals surface area contributed by atoms with Crippen LogP contribution in [0.4, 0.5) is 13.2 Å². The summed E-state index contributed by atoms with van der Waals surface area (Å²) in [5, 5.41) is 11.4. The number of aromatic amines is 1. The van der Waals surface area contributed by atoms with Crippen molar-refractivity contribution in [1.29, 1.82) is 0 Å². The van der Waals surface area contributed by atoms with Crippen LogP contribution in [-0.2, 0) is 40.7 Å². The van der Waals surface area contributed by atoms with Gasteiger partial charge in [0.15, 0.2) is 5.60 Å². The fourth-order valence-electron chi connectivity index (χ4n) is 7.03. The summed E-state index contributed by atoms with van der Waals surface area (Å²) in [5.41, 5.74) is 2.08. The van der Waals surface area contributed by atoms with Gasteiger partial charge in [-0.3, -0.25) is 9.69 Å². The molecule has 3 aliphatic rings. The number of benzene rings is 2. The van der Waals surface area contributed by atoms with Crippen LogP contribution in [0.3, 0.4) is 0 Å². The minimum atomic E-state index is -4.51. The van der Waals surface area contributed by atoms with Crippen LogP contribution in [0.25, 0.3) is 11.0 Å². The highest BCUT2D eigenvalue weighted by molar-refractivity contribution is 5.84. The van der Waals surface area contributed by atoms with Crippen LogP contribution in [-0.4, -0.2) is 88.2 Å². The standard InChI is InChI=1S/C36H40F3N5O4/c1-3-42-12-14-43(15-13-42)20-26-5-4-24(16-30(26)36(37,38)39)17-33(45)44-11-9-25-6-7-27(18-28(25)23(44)2)48-31-8-10-40-34-29(31)19-32(41-34)35(46)21-47-22-35/h4-8,10,16,18-19,23,46H,3,9,11-15,17,20-22H2,1-2H3,(H,40,41)/t23-/m0/s1. The second kappa shape index (κ2) is 12.8. The SMILES string of the molecule is CCN1CCN(Cc2ccc(CC(=O)N3CCc4ccc(Oc5ccnc6[nH]c(C7(O)COC7)cc56)cc4[C@@H]3C)cc2C(F)(F)F)CC1. The van der Waals surface area contributed by atoms with Gasteiger partial charge in [-0.05, 0) is 72.5 Å². The number of alkyl halides is 3. The summed E-state index contributed by atoms with van der Waals surface area (Å²) in [6.07, 6.45) is -2.37. The molecule has 48 heavy (non-hydrogen) atoms. The Bertz CT molecular complexity index is 1810. The molecular weight excluding hydrogens is 623 g/mol. The van der Waals surface area contributed by atoms with Crippen LogP contribution in [0.1, 0.15) is 53.4 Å². The highest BCUT2D eigenvalue weighted by atomic mass is 19.4. The number of nitrogens with one attached hydrogen (secondary N) is 1. The van der Waals surface area contributed by atoms with Crippen LogP contribution >= 0.6 is 0 Å². The average Bonchev–Trinajstić information content (AvgIpc) is 3.50. The first-order chi connectivity index (χ1) is 23.0. The lowest BCUT2D eigenvalue weighted by atomic mass is 9.92. The molecule has 2 aromatic carbocycles. The van der Waals surface area contributed by atoms with Crippen molar-refractivity contribution in [2.75, 3.05) is 52.5 Å². The number of nitrogens with zero attached hydrogens (tertiary/aromatic N) is 4. The predicted octanol–water partition coefficient (Wildman–Crippen LogP) is 5.42. The minimum absolute atomic E-state index is 0.114. The van der Waals surface area contributed by atoms with E-state index in [0.29, 0.717) is 41.4 Å². The van der Waals surface area contributed by atoms with Crippen LogP contribution < -0.4 is 4.74 Å². The zero-order valence-electron chi connectivity index (χ0n) is 27.1. The third-order valence-electron chi connectivity index (χ3n) is 10.0. The monoisotopic (exact) mass is 663 g/mol. The van der Waals surface area contributed by atoms with Crippen molar-refractivity contribution in [2.24, 2.45) is 0 Å². The van der Waals surface area contributed by atoms with E-state index in [1.165, 1.54) is 0 Å². The van der Waals surface area contributed by atoms with Crippen molar-refractivity contribution in [1.82, 2.24) is 24.7 Å². The lowest BCUT2D eigenvalue weighted by Crippen LogP contribution is -2.46.